The fourth-order valence-corrected chi connectivity index (χ4v) is 2.82. The molecule has 1 fully saturated rings. The van der Waals surface area contributed by atoms with Gasteiger partial charge in [-0.3, -0.25) is 9.59 Å². The highest BCUT2D eigenvalue weighted by molar-refractivity contribution is 5.92. The maximum absolute atomic E-state index is 12.8. The van der Waals surface area contributed by atoms with Crippen LogP contribution in [0, 0.1) is 17.7 Å². The van der Waals surface area contributed by atoms with Crippen molar-refractivity contribution in [1.29, 1.82) is 0 Å². The van der Waals surface area contributed by atoms with E-state index in [0.717, 1.165) is 19.3 Å². The molecule has 1 saturated carbocycles. The Kier molecular flexibility index (Phi) is 6.13. The molecule has 23 heavy (non-hydrogen) atoms. The molecular weight excluding hydrogens is 297 g/mol. The molecule has 1 amide bonds. The lowest BCUT2D eigenvalue weighted by atomic mass is 9.80. The lowest BCUT2D eigenvalue weighted by molar-refractivity contribution is -0.152. The topological polar surface area (TPSA) is 55.4 Å². The van der Waals surface area contributed by atoms with E-state index in [-0.39, 0.29) is 36.6 Å². The van der Waals surface area contributed by atoms with E-state index in [2.05, 4.69) is 19.2 Å². The van der Waals surface area contributed by atoms with Gasteiger partial charge in [-0.05, 0) is 55.4 Å². The third kappa shape index (κ3) is 5.66. The van der Waals surface area contributed by atoms with Crippen molar-refractivity contribution in [2.24, 2.45) is 11.8 Å². The molecule has 1 N–H and O–H groups in total. The molecule has 0 aromatic heterocycles. The number of hydrogen-bond acceptors (Lipinski definition) is 3. The number of amides is 1. The van der Waals surface area contributed by atoms with Crippen LogP contribution in [0.2, 0.25) is 0 Å². The van der Waals surface area contributed by atoms with Gasteiger partial charge in [0.2, 0.25) is 5.91 Å². The molecule has 4 nitrogen and oxygen atoms in total. The minimum atomic E-state index is -0.359. The fraction of sp³-hybridized carbons (Fsp3) is 0.556. The van der Waals surface area contributed by atoms with Gasteiger partial charge < -0.3 is 10.1 Å². The largest absolute Gasteiger partial charge is 0.462 e. The number of hydrogen-bond donors (Lipinski definition) is 1. The van der Waals surface area contributed by atoms with Crippen molar-refractivity contribution in [3.63, 3.8) is 0 Å². The zero-order valence-electron chi connectivity index (χ0n) is 13.7. The average molecular weight is 321 g/mol. The van der Waals surface area contributed by atoms with Gasteiger partial charge in [-0.25, -0.2) is 4.39 Å². The van der Waals surface area contributed by atoms with E-state index < -0.39 is 0 Å². The van der Waals surface area contributed by atoms with E-state index in [0.29, 0.717) is 17.5 Å². The smallest absolute Gasteiger partial charge is 0.306 e. The lowest BCUT2D eigenvalue weighted by Crippen LogP contribution is -2.29. The Morgan fingerprint density at radius 1 is 1.13 bits per heavy atom. The zero-order valence-corrected chi connectivity index (χ0v) is 13.7. The van der Waals surface area contributed by atoms with Gasteiger partial charge >= 0.3 is 5.97 Å². The molecule has 0 aliphatic heterocycles. The van der Waals surface area contributed by atoms with Gasteiger partial charge in [0.25, 0.3) is 0 Å². The van der Waals surface area contributed by atoms with Gasteiger partial charge in [-0.2, -0.15) is 0 Å². The first-order chi connectivity index (χ1) is 10.9. The molecule has 3 atom stereocenters. The second-order valence-electron chi connectivity index (χ2n) is 6.43. The van der Waals surface area contributed by atoms with Crippen LogP contribution in [0.4, 0.5) is 10.1 Å². The normalized spacial score (nSPS) is 24.0. The average Bonchev–Trinajstić information content (AvgIpc) is 2.51. The van der Waals surface area contributed by atoms with Gasteiger partial charge in [0.05, 0.1) is 6.42 Å². The Bertz CT molecular complexity index is 544. The third-order valence-electron chi connectivity index (χ3n) is 4.53. The van der Waals surface area contributed by atoms with Crippen LogP contribution >= 0.6 is 0 Å². The molecule has 1 aliphatic carbocycles. The molecule has 5 heteroatoms. The highest BCUT2D eigenvalue weighted by atomic mass is 19.1. The Morgan fingerprint density at radius 3 is 2.48 bits per heavy atom. The number of esters is 1. The molecule has 0 unspecified atom stereocenters. The summed E-state index contributed by atoms with van der Waals surface area (Å²) in [5.41, 5.74) is 0.514. The fourth-order valence-electron chi connectivity index (χ4n) is 2.82. The van der Waals surface area contributed by atoms with Crippen molar-refractivity contribution in [1.82, 2.24) is 0 Å². The molecule has 0 saturated heterocycles. The lowest BCUT2D eigenvalue weighted by Gasteiger charge is -2.31. The standard InChI is InChI=1S/C18H24FNO3/c1-12-3-8-16(11-13(12)2)23-18(22)10-9-17(21)20-15-6-4-14(19)5-7-15/h4-7,12-13,16H,3,8-11H2,1-2H3,(H,20,21)/t12-,13-,16+/m0/s1. The maximum Gasteiger partial charge on any atom is 0.306 e. The molecule has 1 aromatic carbocycles. The summed E-state index contributed by atoms with van der Waals surface area (Å²) in [4.78, 5) is 23.6. The minimum absolute atomic E-state index is 0.0196. The molecule has 0 radical (unpaired) electrons. The Morgan fingerprint density at radius 2 is 1.83 bits per heavy atom. The first kappa shape index (κ1) is 17.4. The summed E-state index contributed by atoms with van der Waals surface area (Å²) in [6.07, 6.45) is 2.98. The van der Waals surface area contributed by atoms with E-state index >= 15 is 0 Å². The summed E-state index contributed by atoms with van der Waals surface area (Å²) < 4.78 is 18.2. The second-order valence-corrected chi connectivity index (χ2v) is 6.43. The maximum atomic E-state index is 12.8. The minimum Gasteiger partial charge on any atom is -0.462 e. The van der Waals surface area contributed by atoms with E-state index in [1.165, 1.54) is 24.3 Å². The van der Waals surface area contributed by atoms with Crippen LogP contribution in [0.5, 0.6) is 0 Å². The molecule has 0 heterocycles. The van der Waals surface area contributed by atoms with Crippen molar-refractivity contribution in [3.8, 4) is 0 Å². The van der Waals surface area contributed by atoms with Gasteiger partial charge in [0.15, 0.2) is 0 Å². The molecule has 1 aromatic rings. The van der Waals surface area contributed by atoms with Crippen molar-refractivity contribution < 1.29 is 18.7 Å². The highest BCUT2D eigenvalue weighted by Gasteiger charge is 2.27. The van der Waals surface area contributed by atoms with Gasteiger partial charge in [0.1, 0.15) is 11.9 Å². The van der Waals surface area contributed by atoms with Crippen LogP contribution < -0.4 is 5.32 Å². The molecule has 0 bridgehead atoms. The van der Waals surface area contributed by atoms with E-state index in [4.69, 9.17) is 4.74 Å². The first-order valence-corrected chi connectivity index (χ1v) is 8.19. The zero-order chi connectivity index (χ0) is 16.8. The van der Waals surface area contributed by atoms with E-state index in [1.807, 2.05) is 0 Å². The first-order valence-electron chi connectivity index (χ1n) is 8.19. The van der Waals surface area contributed by atoms with Crippen LogP contribution in [-0.2, 0) is 14.3 Å². The number of rotatable bonds is 5. The Balaban J connectivity index is 1.69. The summed E-state index contributed by atoms with van der Waals surface area (Å²) >= 11 is 0. The predicted octanol–water partition coefficient (Wildman–Crippen LogP) is 3.91. The van der Waals surface area contributed by atoms with Crippen molar-refractivity contribution in [2.45, 2.75) is 52.1 Å². The third-order valence-corrected chi connectivity index (χ3v) is 4.53. The molecule has 126 valence electrons. The van der Waals surface area contributed by atoms with Crippen LogP contribution in [0.3, 0.4) is 0 Å². The quantitative estimate of drug-likeness (QED) is 0.837. The van der Waals surface area contributed by atoms with Crippen LogP contribution in [0.25, 0.3) is 0 Å². The number of carbonyl (C=O) groups excluding carboxylic acids is 2. The van der Waals surface area contributed by atoms with Gasteiger partial charge in [0, 0.05) is 12.1 Å². The number of carbonyl (C=O) groups is 2. The summed E-state index contributed by atoms with van der Waals surface area (Å²) in [5, 5.41) is 2.63. The summed E-state index contributed by atoms with van der Waals surface area (Å²) in [7, 11) is 0. The van der Waals surface area contributed by atoms with Crippen LogP contribution in [0.1, 0.15) is 46.0 Å². The van der Waals surface area contributed by atoms with Gasteiger partial charge in [-0.1, -0.05) is 13.8 Å². The number of nitrogens with one attached hydrogen (secondary N) is 1. The number of benzene rings is 1. The van der Waals surface area contributed by atoms with Crippen LogP contribution in [-0.4, -0.2) is 18.0 Å². The second kappa shape index (κ2) is 8.09. The van der Waals surface area contributed by atoms with Gasteiger partial charge in [-0.15, -0.1) is 0 Å². The number of ether oxygens (including phenoxy) is 1. The molecular formula is C18H24FNO3. The molecule has 2 rings (SSSR count). The Hall–Kier alpha value is -1.91. The monoisotopic (exact) mass is 321 g/mol. The van der Waals surface area contributed by atoms with Crippen molar-refractivity contribution in [2.75, 3.05) is 5.32 Å². The van der Waals surface area contributed by atoms with Crippen LogP contribution in [0.15, 0.2) is 24.3 Å². The number of anilines is 1. The summed E-state index contributed by atoms with van der Waals surface area (Å²) in [6, 6.07) is 5.51. The van der Waals surface area contributed by atoms with E-state index in [9.17, 15) is 14.0 Å². The van der Waals surface area contributed by atoms with Crippen molar-refractivity contribution in [3.05, 3.63) is 30.1 Å². The molecule has 0 spiro atoms. The Labute approximate surface area is 136 Å². The summed E-state index contributed by atoms with van der Waals surface area (Å²) in [5.74, 6) is 0.266. The highest BCUT2D eigenvalue weighted by Crippen LogP contribution is 2.31. The SMILES string of the molecule is C[C@H]1CC[C@@H](OC(=O)CCC(=O)Nc2ccc(F)cc2)C[C@@H]1C. The number of halogens is 1. The molecule has 1 aliphatic rings. The van der Waals surface area contributed by atoms with E-state index in [1.54, 1.807) is 0 Å². The summed E-state index contributed by atoms with van der Waals surface area (Å²) in [6.45, 7) is 4.41. The van der Waals surface area contributed by atoms with Crippen molar-refractivity contribution >= 4 is 17.6 Å². The predicted molar refractivity (Wildman–Crippen MR) is 86.3 cm³/mol.